The first-order chi connectivity index (χ1) is 55.8. The Kier molecular flexibility index (Phi) is 34.3. The van der Waals surface area contributed by atoms with Crippen molar-refractivity contribution in [1.29, 1.82) is 0 Å². The molecule has 0 aromatic carbocycles. The van der Waals surface area contributed by atoms with Gasteiger partial charge in [0.1, 0.15) is 232 Å². The standard InChI is InChI=1S/C66H111N3O49/c1-14-30(80)39(89)45(95)61(101-14)117-55-41(91)32(82)19(6-70)105-65(55)113-50-23(10-74)107-58(27(36(50)86)67-16(3)77)100-13-26-35(85)54(48(98)64(110-26)112-52-22(9-73)103-57(99)44(94)43(52)93)116-60-28(68-17(4)78)37(87)49(24(11-75)108-60)111-63-47(97)53(34(84)21(8-72)104-63)115-59-29(69-18(5)79)38(88)51(25(12-76)109-59)114-66-56(42(92)33(83)20(7-71)106-66)118-62-46(96)40(90)31(81)15(2)102-62/h14-15,19-66,70-76,80-99H,6-13H2,1-5H3,(H,67,77)(H,68,78)(H,69,79)/t14-,15-,19+,20+,21+,22+,23+,24+,25+,26+,27+,28+,29+,30+,31+,32-,33-,34-,35-,36+,37+,38+,39+,40+,41-,42-,43+,44+,45-,46-,47+,48+,49+,50+,51+,52+,53-,54-,55+,56+,57?,58+,59-,60-,61-,62-,63-,64-,65-,66-/m0/s1. The summed E-state index contributed by atoms with van der Waals surface area (Å²) < 4.78 is 112. The molecule has 0 radical (unpaired) electrons. The molecule has 10 rings (SSSR count). The van der Waals surface area contributed by atoms with Crippen LogP contribution in [-0.2, 0) is 104 Å². The van der Waals surface area contributed by atoms with E-state index < -0.39 is 377 Å². The summed E-state index contributed by atoms with van der Waals surface area (Å²) in [5.74, 6) is -2.85. The van der Waals surface area contributed by atoms with E-state index in [0.717, 1.165) is 20.8 Å². The van der Waals surface area contributed by atoms with Gasteiger partial charge in [-0.05, 0) is 13.8 Å². The van der Waals surface area contributed by atoms with Crippen LogP contribution in [0.1, 0.15) is 34.6 Å². The molecule has 50 atom stereocenters. The Bertz CT molecular complexity index is 3140. The molecule has 684 valence electrons. The quantitative estimate of drug-likeness (QED) is 0.0331. The number of aliphatic hydroxyl groups is 27. The molecule has 10 fully saturated rings. The van der Waals surface area contributed by atoms with Gasteiger partial charge >= 0.3 is 0 Å². The van der Waals surface area contributed by atoms with Gasteiger partial charge in [0.2, 0.25) is 17.7 Å². The highest BCUT2D eigenvalue weighted by Crippen LogP contribution is 2.41. The lowest BCUT2D eigenvalue weighted by Gasteiger charge is -2.51. The van der Waals surface area contributed by atoms with Gasteiger partial charge in [-0.2, -0.15) is 0 Å². The normalized spacial score (nSPS) is 51.1. The molecule has 0 bridgehead atoms. The van der Waals surface area contributed by atoms with Crippen molar-refractivity contribution >= 4 is 17.7 Å². The minimum absolute atomic E-state index is 0.910. The number of ether oxygens (including phenoxy) is 19. The fraction of sp³-hybridized carbons (Fsp3) is 0.955. The minimum atomic E-state index is -2.43. The van der Waals surface area contributed by atoms with E-state index in [-0.39, 0.29) is 0 Å². The van der Waals surface area contributed by atoms with Crippen LogP contribution in [0.15, 0.2) is 0 Å². The maximum absolute atomic E-state index is 13.2. The van der Waals surface area contributed by atoms with Crippen molar-refractivity contribution in [3.63, 3.8) is 0 Å². The lowest BCUT2D eigenvalue weighted by molar-refractivity contribution is -0.393. The molecule has 10 aliphatic heterocycles. The molecule has 0 aromatic rings. The summed E-state index contributed by atoms with van der Waals surface area (Å²) in [6.45, 7) is -3.40. The van der Waals surface area contributed by atoms with Gasteiger partial charge in [-0.15, -0.1) is 0 Å². The average molecular weight is 1730 g/mol. The van der Waals surface area contributed by atoms with Crippen molar-refractivity contribution in [3.8, 4) is 0 Å². The second-order valence-corrected chi connectivity index (χ2v) is 30.2. The predicted octanol–water partition coefficient (Wildman–Crippen LogP) is -20.3. The second kappa shape index (κ2) is 41.8. The Morgan fingerprint density at radius 2 is 0.500 bits per heavy atom. The molecule has 52 heteroatoms. The van der Waals surface area contributed by atoms with Gasteiger partial charge in [-0.1, -0.05) is 0 Å². The molecule has 10 aliphatic rings. The van der Waals surface area contributed by atoms with Crippen LogP contribution in [0.25, 0.3) is 0 Å². The summed E-state index contributed by atoms with van der Waals surface area (Å²) in [4.78, 5) is 39.1. The fourth-order valence-electron chi connectivity index (χ4n) is 15.4. The highest BCUT2D eigenvalue weighted by atomic mass is 16.8. The molecule has 10 saturated heterocycles. The van der Waals surface area contributed by atoms with E-state index >= 15 is 0 Å². The maximum atomic E-state index is 13.2. The van der Waals surface area contributed by atoms with Gasteiger partial charge < -0.3 is 244 Å². The number of hydrogen-bond acceptors (Lipinski definition) is 49. The average Bonchev–Trinajstić information content (AvgIpc) is 0.770. The lowest BCUT2D eigenvalue weighted by atomic mass is 9.93. The third-order valence-electron chi connectivity index (χ3n) is 22.0. The van der Waals surface area contributed by atoms with Gasteiger partial charge in [0.25, 0.3) is 0 Å². The Morgan fingerprint density at radius 3 is 0.864 bits per heavy atom. The van der Waals surface area contributed by atoms with E-state index in [1.807, 2.05) is 0 Å². The van der Waals surface area contributed by atoms with E-state index in [1.54, 1.807) is 0 Å². The largest absolute Gasteiger partial charge is 0.394 e. The smallest absolute Gasteiger partial charge is 0.217 e. The molecule has 52 nitrogen and oxygen atoms in total. The molecule has 0 aromatic heterocycles. The third-order valence-corrected chi connectivity index (χ3v) is 22.0. The first kappa shape index (κ1) is 96.8. The highest BCUT2D eigenvalue weighted by Gasteiger charge is 2.62. The summed E-state index contributed by atoms with van der Waals surface area (Å²) in [7, 11) is 0. The van der Waals surface area contributed by atoms with Crippen molar-refractivity contribution in [2.45, 2.75) is 341 Å². The van der Waals surface area contributed by atoms with Crippen LogP contribution in [0.2, 0.25) is 0 Å². The van der Waals surface area contributed by atoms with E-state index in [0.29, 0.717) is 0 Å². The Hall–Kier alpha value is -3.43. The van der Waals surface area contributed by atoms with E-state index in [1.165, 1.54) is 13.8 Å². The van der Waals surface area contributed by atoms with E-state index in [2.05, 4.69) is 16.0 Å². The number of rotatable bonds is 29. The molecule has 3 amide bonds. The molecular weight excluding hydrogens is 1620 g/mol. The van der Waals surface area contributed by atoms with Crippen molar-refractivity contribution in [1.82, 2.24) is 16.0 Å². The summed E-state index contributed by atoms with van der Waals surface area (Å²) in [6, 6.07) is -5.81. The highest BCUT2D eigenvalue weighted by molar-refractivity contribution is 5.74. The van der Waals surface area contributed by atoms with Gasteiger partial charge in [-0.3, -0.25) is 14.4 Å². The molecular formula is C66H111N3O49. The Morgan fingerprint density at radius 1 is 0.237 bits per heavy atom. The summed E-state index contributed by atoms with van der Waals surface area (Å²) in [5, 5.41) is 306. The monoisotopic (exact) mass is 1730 g/mol. The van der Waals surface area contributed by atoms with E-state index in [9.17, 15) is 152 Å². The summed E-state index contributed by atoms with van der Waals surface area (Å²) in [6.07, 6.45) is -94.1. The number of amides is 3. The van der Waals surface area contributed by atoms with Crippen LogP contribution in [0.4, 0.5) is 0 Å². The van der Waals surface area contributed by atoms with Crippen LogP contribution in [-0.4, -0.2) is 515 Å². The maximum Gasteiger partial charge on any atom is 0.217 e. The predicted molar refractivity (Wildman–Crippen MR) is 362 cm³/mol. The zero-order valence-corrected chi connectivity index (χ0v) is 63.6. The van der Waals surface area contributed by atoms with Crippen LogP contribution >= 0.6 is 0 Å². The number of carbonyl (C=O) groups excluding carboxylic acids is 3. The molecule has 30 N–H and O–H groups in total. The van der Waals surface area contributed by atoms with Crippen LogP contribution in [0.3, 0.4) is 0 Å². The Labute approximate surface area is 668 Å². The lowest BCUT2D eigenvalue weighted by Crippen LogP contribution is -2.71. The zero-order valence-electron chi connectivity index (χ0n) is 63.6. The van der Waals surface area contributed by atoms with Crippen LogP contribution in [0, 0.1) is 0 Å². The minimum Gasteiger partial charge on any atom is -0.394 e. The molecule has 1 unspecified atom stereocenters. The van der Waals surface area contributed by atoms with Crippen molar-refractivity contribution in [2.75, 3.05) is 52.9 Å². The number of aliphatic hydroxyl groups excluding tert-OH is 27. The Balaban J connectivity index is 0.879. The molecule has 118 heavy (non-hydrogen) atoms. The molecule has 0 spiro atoms. The third kappa shape index (κ3) is 20.8. The first-order valence-corrected chi connectivity index (χ1v) is 37.9. The second-order valence-electron chi connectivity index (χ2n) is 30.2. The number of hydrogen-bond donors (Lipinski definition) is 30. The van der Waals surface area contributed by atoms with Crippen molar-refractivity contribution < 1.29 is 242 Å². The fourth-order valence-corrected chi connectivity index (χ4v) is 15.4. The van der Waals surface area contributed by atoms with Gasteiger partial charge in [0, 0.05) is 20.8 Å². The van der Waals surface area contributed by atoms with Gasteiger partial charge in [0.15, 0.2) is 62.9 Å². The summed E-state index contributed by atoms with van der Waals surface area (Å²) in [5.41, 5.74) is 0. The molecule has 0 saturated carbocycles. The SMILES string of the molecule is CC(=O)N[C@H]1[C@H](O[C@H]2[C@@H](O)[C@@H](CO[C@@H]3O[C@H](CO)[C@@H](O[C@@H]4O[C@H](CO)[C@H](O)[C@H](O)[C@H]4O[C@@H]4O[C@@H](C)[C@@H](O)[C@@H](O)[C@@H]4O)[C@H](O)[C@H]3NC(C)=O)O[C@@H](O[C@H]3[C@H](O)[C@@H](O)C(O)O[C@@H]3CO)[C@@H]2O)O[C@H](CO)[C@@H](O[C@@H]2O[C@H](CO)[C@H](O)[C@H](O[C@@H]3O[C@H](CO)[C@@H](O[C@@H]4O[C@H](CO)[C@H](O)[C@H](O)[C@H]4O[C@@H]4O[C@@H](C)[C@@H](O)[C@@H](O)[C@@H]4O)[C@H](O)[C@H]3NC(C)=O)[C@H]2O)[C@@H]1O. The topological polar surface area (TPSA) is 809 Å². The van der Waals surface area contributed by atoms with Crippen LogP contribution in [0.5, 0.6) is 0 Å². The summed E-state index contributed by atoms with van der Waals surface area (Å²) >= 11 is 0. The van der Waals surface area contributed by atoms with Gasteiger partial charge in [0.05, 0.1) is 65.1 Å². The van der Waals surface area contributed by atoms with Gasteiger partial charge in [-0.25, -0.2) is 0 Å². The van der Waals surface area contributed by atoms with Crippen molar-refractivity contribution in [2.24, 2.45) is 0 Å². The molecule has 0 aliphatic carbocycles. The number of carbonyl (C=O) groups is 3. The van der Waals surface area contributed by atoms with Crippen molar-refractivity contribution in [3.05, 3.63) is 0 Å². The number of nitrogens with one attached hydrogen (secondary N) is 3. The molecule has 10 heterocycles. The first-order valence-electron chi connectivity index (χ1n) is 37.9. The zero-order chi connectivity index (χ0) is 86.8. The van der Waals surface area contributed by atoms with Crippen LogP contribution < -0.4 is 16.0 Å². The van der Waals surface area contributed by atoms with E-state index in [4.69, 9.17) is 90.0 Å².